The fraction of sp³-hybridized carbons (Fsp3) is 0.167. The minimum Gasteiger partial charge on any atom is -0.398 e. The van der Waals surface area contributed by atoms with Crippen LogP contribution in [0.4, 0.5) is 5.69 Å². The zero-order chi connectivity index (χ0) is 16.7. The van der Waals surface area contributed by atoms with Crippen LogP contribution >= 0.6 is 0 Å². The number of nitrogens with one attached hydrogen (secondary N) is 2. The second-order valence-electron chi connectivity index (χ2n) is 5.89. The number of aromatic amines is 1. The van der Waals surface area contributed by atoms with Gasteiger partial charge in [0.15, 0.2) is 5.82 Å². The molecule has 0 saturated heterocycles. The Balaban J connectivity index is 1.80. The van der Waals surface area contributed by atoms with Gasteiger partial charge in [-0.2, -0.15) is 0 Å². The molecular weight excluding hydrogens is 302 g/mol. The van der Waals surface area contributed by atoms with Crippen LogP contribution in [0.15, 0.2) is 36.5 Å². The van der Waals surface area contributed by atoms with Crippen molar-refractivity contribution in [3.05, 3.63) is 53.3 Å². The van der Waals surface area contributed by atoms with Gasteiger partial charge >= 0.3 is 0 Å². The number of nitrogens with zero attached hydrogens (tertiary/aromatic N) is 2. The molecule has 0 fully saturated rings. The molecule has 0 unspecified atom stereocenters. The predicted molar refractivity (Wildman–Crippen MR) is 92.4 cm³/mol. The molecule has 120 valence electrons. The number of anilines is 1. The monoisotopic (exact) mass is 319 g/mol. The van der Waals surface area contributed by atoms with Crippen LogP contribution in [0.25, 0.3) is 22.8 Å². The first-order valence-electron chi connectivity index (χ1n) is 7.82. The zero-order valence-electron chi connectivity index (χ0n) is 13.3. The lowest BCUT2D eigenvalue weighted by atomic mass is 10.1. The third kappa shape index (κ3) is 2.32. The SMILES string of the molecule is Cc1cccc(N)c1-c1nccc(-c2cc3c([nH]2)CCNC3=O)n1. The van der Waals surface area contributed by atoms with Crippen molar-refractivity contribution in [3.8, 4) is 22.8 Å². The quantitative estimate of drug-likeness (QED) is 0.631. The van der Waals surface area contributed by atoms with Crippen LogP contribution in [0.2, 0.25) is 0 Å². The smallest absolute Gasteiger partial charge is 0.253 e. The number of nitrogen functional groups attached to an aromatic ring is 1. The maximum atomic E-state index is 11.9. The number of carbonyl (C=O) groups excluding carboxylic acids is 1. The van der Waals surface area contributed by atoms with E-state index in [1.165, 1.54) is 0 Å². The highest BCUT2D eigenvalue weighted by molar-refractivity contribution is 5.97. The summed E-state index contributed by atoms with van der Waals surface area (Å²) in [6, 6.07) is 9.41. The van der Waals surface area contributed by atoms with Crippen molar-refractivity contribution in [1.29, 1.82) is 0 Å². The molecule has 3 aromatic rings. The van der Waals surface area contributed by atoms with E-state index in [1.54, 1.807) is 6.20 Å². The Bertz CT molecular complexity index is 924. The topological polar surface area (TPSA) is 96.7 Å². The Morgan fingerprint density at radius 2 is 2.12 bits per heavy atom. The van der Waals surface area contributed by atoms with Crippen LogP contribution in [0, 0.1) is 6.92 Å². The number of carbonyl (C=O) groups is 1. The van der Waals surface area contributed by atoms with Gasteiger partial charge in [-0.15, -0.1) is 0 Å². The largest absolute Gasteiger partial charge is 0.398 e. The molecule has 0 aliphatic carbocycles. The average Bonchev–Trinajstić information content (AvgIpc) is 3.01. The summed E-state index contributed by atoms with van der Waals surface area (Å²) in [6.07, 6.45) is 2.51. The van der Waals surface area contributed by atoms with Crippen molar-refractivity contribution >= 4 is 11.6 Å². The Kier molecular flexibility index (Phi) is 3.30. The third-order valence-corrected chi connectivity index (χ3v) is 4.26. The molecule has 1 aliphatic rings. The van der Waals surface area contributed by atoms with E-state index in [2.05, 4.69) is 20.3 Å². The Morgan fingerprint density at radius 3 is 2.92 bits per heavy atom. The summed E-state index contributed by atoms with van der Waals surface area (Å²) in [5, 5.41) is 2.85. The lowest BCUT2D eigenvalue weighted by Crippen LogP contribution is -2.31. The Hall–Kier alpha value is -3.15. The standard InChI is InChI=1S/C18H17N5O/c1-10-3-2-4-12(19)16(10)17-20-7-6-14(23-17)15-9-11-13(22-15)5-8-21-18(11)24/h2-4,6-7,9,22H,5,8,19H2,1H3,(H,21,24). The Labute approximate surface area is 139 Å². The number of rotatable bonds is 2. The normalized spacial score (nSPS) is 13.5. The Morgan fingerprint density at radius 1 is 1.25 bits per heavy atom. The van der Waals surface area contributed by atoms with Crippen LogP contribution in [0.1, 0.15) is 21.6 Å². The van der Waals surface area contributed by atoms with Crippen LogP contribution in [-0.4, -0.2) is 27.4 Å². The van der Waals surface area contributed by atoms with Gasteiger partial charge < -0.3 is 16.0 Å². The van der Waals surface area contributed by atoms with Gasteiger partial charge in [0.1, 0.15) is 0 Å². The number of benzene rings is 1. The summed E-state index contributed by atoms with van der Waals surface area (Å²) in [6.45, 7) is 2.64. The van der Waals surface area contributed by atoms with Gasteiger partial charge in [-0.1, -0.05) is 12.1 Å². The predicted octanol–water partition coefficient (Wildman–Crippen LogP) is 2.32. The van der Waals surface area contributed by atoms with E-state index < -0.39 is 0 Å². The summed E-state index contributed by atoms with van der Waals surface area (Å²) >= 11 is 0. The van der Waals surface area contributed by atoms with Crippen molar-refractivity contribution in [2.75, 3.05) is 12.3 Å². The maximum absolute atomic E-state index is 11.9. The highest BCUT2D eigenvalue weighted by Gasteiger charge is 2.20. The van der Waals surface area contributed by atoms with Crippen LogP contribution in [-0.2, 0) is 6.42 Å². The summed E-state index contributed by atoms with van der Waals surface area (Å²) in [4.78, 5) is 24.3. The van der Waals surface area contributed by atoms with Gasteiger partial charge in [-0.05, 0) is 30.7 Å². The van der Waals surface area contributed by atoms with Crippen molar-refractivity contribution in [1.82, 2.24) is 20.3 Å². The summed E-state index contributed by atoms with van der Waals surface area (Å²) in [5.41, 5.74) is 11.8. The van der Waals surface area contributed by atoms with E-state index in [-0.39, 0.29) is 5.91 Å². The van der Waals surface area contributed by atoms with Crippen molar-refractivity contribution in [3.63, 3.8) is 0 Å². The molecule has 24 heavy (non-hydrogen) atoms. The number of fused-ring (bicyclic) bond motifs is 1. The van der Waals surface area contributed by atoms with Crippen molar-refractivity contribution < 1.29 is 4.79 Å². The first-order chi connectivity index (χ1) is 11.6. The number of aromatic nitrogens is 3. The van der Waals surface area contributed by atoms with Crippen LogP contribution in [0.3, 0.4) is 0 Å². The minimum absolute atomic E-state index is 0.0452. The van der Waals surface area contributed by atoms with Gasteiger partial charge in [-0.25, -0.2) is 9.97 Å². The molecule has 6 nitrogen and oxygen atoms in total. The highest BCUT2D eigenvalue weighted by Crippen LogP contribution is 2.29. The first-order valence-corrected chi connectivity index (χ1v) is 7.82. The fourth-order valence-corrected chi connectivity index (χ4v) is 3.06. The van der Waals surface area contributed by atoms with Gasteiger partial charge in [0.05, 0.1) is 17.0 Å². The average molecular weight is 319 g/mol. The van der Waals surface area contributed by atoms with Crippen molar-refractivity contribution in [2.24, 2.45) is 0 Å². The van der Waals surface area contributed by atoms with E-state index in [1.807, 2.05) is 37.3 Å². The molecule has 1 aliphatic heterocycles. The summed E-state index contributed by atoms with van der Waals surface area (Å²) < 4.78 is 0. The molecule has 2 aromatic heterocycles. The lowest BCUT2D eigenvalue weighted by molar-refractivity contribution is 0.0946. The number of H-pyrrole nitrogens is 1. The molecule has 0 spiro atoms. The van der Waals surface area contributed by atoms with E-state index in [0.717, 1.165) is 34.6 Å². The number of amides is 1. The third-order valence-electron chi connectivity index (χ3n) is 4.26. The number of hydrogen-bond acceptors (Lipinski definition) is 4. The molecule has 4 rings (SSSR count). The van der Waals surface area contributed by atoms with Gasteiger partial charge in [0.25, 0.3) is 5.91 Å². The summed E-state index contributed by atoms with van der Waals surface area (Å²) in [5.74, 6) is 0.538. The van der Waals surface area contributed by atoms with Gasteiger partial charge in [0, 0.05) is 36.1 Å². The first kappa shape index (κ1) is 14.4. The van der Waals surface area contributed by atoms with Crippen molar-refractivity contribution in [2.45, 2.75) is 13.3 Å². The number of nitrogens with two attached hydrogens (primary N) is 1. The molecule has 0 saturated carbocycles. The molecule has 0 bridgehead atoms. The van der Waals surface area contributed by atoms with E-state index in [4.69, 9.17) is 5.73 Å². The maximum Gasteiger partial charge on any atom is 0.253 e. The second-order valence-corrected chi connectivity index (χ2v) is 5.89. The fourth-order valence-electron chi connectivity index (χ4n) is 3.06. The number of aryl methyl sites for hydroxylation is 1. The van der Waals surface area contributed by atoms with Crippen LogP contribution < -0.4 is 11.1 Å². The van der Waals surface area contributed by atoms with Crippen LogP contribution in [0.5, 0.6) is 0 Å². The number of hydrogen-bond donors (Lipinski definition) is 3. The molecule has 4 N–H and O–H groups in total. The van der Waals surface area contributed by atoms with E-state index in [9.17, 15) is 4.79 Å². The molecular formula is C18H17N5O. The molecule has 6 heteroatoms. The molecule has 3 heterocycles. The lowest BCUT2D eigenvalue weighted by Gasteiger charge is -2.11. The minimum atomic E-state index is -0.0452. The van der Waals surface area contributed by atoms with Gasteiger partial charge in [0.2, 0.25) is 0 Å². The molecule has 1 aromatic carbocycles. The summed E-state index contributed by atoms with van der Waals surface area (Å²) in [7, 11) is 0. The molecule has 0 radical (unpaired) electrons. The highest BCUT2D eigenvalue weighted by atomic mass is 16.1. The molecule has 1 amide bonds. The molecule has 0 atom stereocenters. The van der Waals surface area contributed by atoms with Gasteiger partial charge in [-0.3, -0.25) is 4.79 Å². The van der Waals surface area contributed by atoms with E-state index in [0.29, 0.717) is 23.6 Å². The second kappa shape index (κ2) is 5.49. The van der Waals surface area contributed by atoms with E-state index >= 15 is 0 Å². The zero-order valence-corrected chi connectivity index (χ0v) is 13.3.